The highest BCUT2D eigenvalue weighted by Gasteiger charge is 2.24. The lowest BCUT2D eigenvalue weighted by atomic mass is 9.80. The van der Waals surface area contributed by atoms with Gasteiger partial charge < -0.3 is 31.2 Å². The van der Waals surface area contributed by atoms with Crippen molar-refractivity contribution in [1.82, 2.24) is 15.3 Å². The van der Waals surface area contributed by atoms with E-state index in [4.69, 9.17) is 15.8 Å². The van der Waals surface area contributed by atoms with Gasteiger partial charge in [-0.25, -0.2) is 9.78 Å². The number of aliphatic carboxylic acids is 1. The number of benzene rings is 1. The molecule has 0 aliphatic carbocycles. The molecule has 25 heavy (non-hydrogen) atoms. The van der Waals surface area contributed by atoms with E-state index in [0.717, 1.165) is 0 Å². The Bertz CT molecular complexity index is 705. The number of hydrogen-bond donors (Lipinski definition) is 6. The van der Waals surface area contributed by atoms with Crippen LogP contribution < -0.4 is 16.5 Å². The molecule has 132 valence electrons. The van der Waals surface area contributed by atoms with Crippen molar-refractivity contribution in [3.8, 4) is 0 Å². The van der Waals surface area contributed by atoms with Crippen LogP contribution in [0.25, 0.3) is 0 Å². The van der Waals surface area contributed by atoms with E-state index in [9.17, 15) is 14.7 Å². The van der Waals surface area contributed by atoms with Gasteiger partial charge in [-0.15, -0.1) is 0 Å². The molecule has 7 N–H and O–H groups in total. The predicted octanol–water partition coefficient (Wildman–Crippen LogP) is -2.23. The third-order valence-corrected chi connectivity index (χ3v) is 3.66. The number of carbonyl (C=O) groups excluding carboxylic acids is 1. The monoisotopic (exact) mass is 346 g/mol. The molecule has 0 unspecified atom stereocenters. The minimum atomic E-state index is -1.56. The Hall–Kier alpha value is -2.69. The molecule has 9 nitrogen and oxygen atoms in total. The lowest BCUT2D eigenvalue weighted by molar-refractivity contribution is -0.142. The number of imidazole rings is 1. The number of H-pyrrole nitrogens is 1. The number of amides is 1. The summed E-state index contributed by atoms with van der Waals surface area (Å²) in [5.74, 6) is -1.75. The molecule has 0 spiro atoms. The summed E-state index contributed by atoms with van der Waals surface area (Å²) in [4.78, 5) is 30.1. The first-order valence-electron chi connectivity index (χ1n) is 7.58. The van der Waals surface area contributed by atoms with Gasteiger partial charge in [-0.3, -0.25) is 4.79 Å². The number of carbonyl (C=O) groups is 2. The Balaban J connectivity index is 1.94. The van der Waals surface area contributed by atoms with Crippen LogP contribution in [0.1, 0.15) is 11.3 Å². The molecule has 10 heteroatoms. The zero-order chi connectivity index (χ0) is 18.4. The lowest BCUT2D eigenvalue weighted by Crippen LogP contribution is -2.50. The van der Waals surface area contributed by atoms with Crippen LogP contribution in [0.2, 0.25) is 0 Å². The fourth-order valence-corrected chi connectivity index (χ4v) is 2.27. The Labute approximate surface area is 144 Å². The van der Waals surface area contributed by atoms with Crippen molar-refractivity contribution in [2.45, 2.75) is 24.9 Å². The molecule has 0 fully saturated rings. The van der Waals surface area contributed by atoms with Crippen LogP contribution >= 0.6 is 0 Å². The van der Waals surface area contributed by atoms with E-state index in [1.165, 1.54) is 24.7 Å². The van der Waals surface area contributed by atoms with Gasteiger partial charge in [-0.05, 0) is 17.4 Å². The van der Waals surface area contributed by atoms with Gasteiger partial charge in [0.2, 0.25) is 5.91 Å². The number of carboxylic acids is 1. The topological polar surface area (TPSA) is 162 Å². The third-order valence-electron chi connectivity index (χ3n) is 3.66. The molecule has 0 saturated carbocycles. The zero-order valence-corrected chi connectivity index (χ0v) is 13.3. The average molecular weight is 346 g/mol. The van der Waals surface area contributed by atoms with Gasteiger partial charge in [0.15, 0.2) is 0 Å². The summed E-state index contributed by atoms with van der Waals surface area (Å²) in [6.07, 6.45) is 3.16. The normalized spacial score (nSPS) is 13.1. The SMILES string of the molecule is N[C@@H](Cc1ccc(B(O)O)cc1)C(=O)N[C@@H](Cc1cnc[nH]1)C(=O)O. The molecule has 2 rings (SSSR count). The number of nitrogens with one attached hydrogen (secondary N) is 2. The second-order valence-corrected chi connectivity index (χ2v) is 5.61. The van der Waals surface area contributed by atoms with Gasteiger partial charge in [-0.2, -0.15) is 0 Å². The van der Waals surface area contributed by atoms with Crippen LogP contribution in [0.5, 0.6) is 0 Å². The highest BCUT2D eigenvalue weighted by Crippen LogP contribution is 2.03. The Morgan fingerprint density at radius 1 is 1.24 bits per heavy atom. The molecule has 0 bridgehead atoms. The number of hydrogen-bond acceptors (Lipinski definition) is 6. The number of aromatic amines is 1. The summed E-state index contributed by atoms with van der Waals surface area (Å²) in [6, 6.07) is 4.23. The first-order valence-corrected chi connectivity index (χ1v) is 7.58. The fraction of sp³-hybridized carbons (Fsp3) is 0.267. The van der Waals surface area contributed by atoms with E-state index in [2.05, 4.69) is 15.3 Å². The van der Waals surface area contributed by atoms with Gasteiger partial charge in [0, 0.05) is 18.3 Å². The second-order valence-electron chi connectivity index (χ2n) is 5.61. The maximum absolute atomic E-state index is 12.2. The standard InChI is InChI=1S/C15H19BN4O5/c17-12(5-9-1-3-10(4-2-9)16(24)25)14(21)20-13(15(22)23)6-11-7-18-8-19-11/h1-4,7-8,12-13,24-25H,5-6,17H2,(H,18,19)(H,20,21)(H,22,23)/t12-,13-/m0/s1. The van der Waals surface area contributed by atoms with Crippen molar-refractivity contribution in [3.63, 3.8) is 0 Å². The molecule has 1 heterocycles. The maximum Gasteiger partial charge on any atom is 0.488 e. The third kappa shape index (κ3) is 5.42. The molecule has 2 aromatic rings. The van der Waals surface area contributed by atoms with Crippen molar-refractivity contribution < 1.29 is 24.7 Å². The van der Waals surface area contributed by atoms with E-state index in [-0.39, 0.29) is 12.8 Å². The van der Waals surface area contributed by atoms with Gasteiger partial charge in [0.05, 0.1) is 12.4 Å². The zero-order valence-electron chi connectivity index (χ0n) is 13.3. The second kappa shape index (κ2) is 8.42. The van der Waals surface area contributed by atoms with Gasteiger partial charge in [0.1, 0.15) is 6.04 Å². The van der Waals surface area contributed by atoms with Crippen LogP contribution in [-0.4, -0.2) is 56.2 Å². The summed E-state index contributed by atoms with van der Waals surface area (Å²) >= 11 is 0. The van der Waals surface area contributed by atoms with Gasteiger partial charge >= 0.3 is 13.1 Å². The van der Waals surface area contributed by atoms with E-state index in [0.29, 0.717) is 16.7 Å². The summed E-state index contributed by atoms with van der Waals surface area (Å²) < 4.78 is 0. The quantitative estimate of drug-likeness (QED) is 0.295. The van der Waals surface area contributed by atoms with Crippen LogP contribution in [0.4, 0.5) is 0 Å². The van der Waals surface area contributed by atoms with Crippen molar-refractivity contribution in [3.05, 3.63) is 48.0 Å². The highest BCUT2D eigenvalue weighted by molar-refractivity contribution is 6.58. The van der Waals surface area contributed by atoms with Gasteiger partial charge in [-0.1, -0.05) is 24.3 Å². The van der Waals surface area contributed by atoms with E-state index >= 15 is 0 Å². The molecule has 0 saturated heterocycles. The number of rotatable bonds is 8. The smallest absolute Gasteiger partial charge is 0.480 e. The van der Waals surface area contributed by atoms with E-state index < -0.39 is 31.1 Å². The number of aromatic nitrogens is 2. The minimum absolute atomic E-state index is 0.0663. The average Bonchev–Trinajstić information content (AvgIpc) is 3.07. The predicted molar refractivity (Wildman–Crippen MR) is 89.8 cm³/mol. The molecule has 1 amide bonds. The summed E-state index contributed by atoms with van der Waals surface area (Å²) in [6.45, 7) is 0. The largest absolute Gasteiger partial charge is 0.488 e. The van der Waals surface area contributed by atoms with Crippen LogP contribution in [0, 0.1) is 0 Å². The Morgan fingerprint density at radius 3 is 2.44 bits per heavy atom. The summed E-state index contributed by atoms with van der Waals surface area (Å²) in [5.41, 5.74) is 7.47. The minimum Gasteiger partial charge on any atom is -0.480 e. The molecule has 1 aromatic carbocycles. The molecule has 0 aliphatic rings. The first-order chi connectivity index (χ1) is 11.9. The van der Waals surface area contributed by atoms with Crippen molar-refractivity contribution in [2.75, 3.05) is 0 Å². The van der Waals surface area contributed by atoms with Crippen molar-refractivity contribution in [2.24, 2.45) is 5.73 Å². The van der Waals surface area contributed by atoms with Crippen molar-refractivity contribution >= 4 is 24.5 Å². The summed E-state index contributed by atoms with van der Waals surface area (Å²) in [7, 11) is -1.56. The summed E-state index contributed by atoms with van der Waals surface area (Å²) in [5, 5.41) is 29.7. The van der Waals surface area contributed by atoms with E-state index in [1.807, 2.05) is 0 Å². The lowest BCUT2D eigenvalue weighted by Gasteiger charge is -2.17. The van der Waals surface area contributed by atoms with Crippen molar-refractivity contribution in [1.29, 1.82) is 0 Å². The Morgan fingerprint density at radius 2 is 1.92 bits per heavy atom. The van der Waals surface area contributed by atoms with Gasteiger partial charge in [0.25, 0.3) is 0 Å². The molecule has 0 aliphatic heterocycles. The van der Waals surface area contributed by atoms with E-state index in [1.54, 1.807) is 12.1 Å². The number of nitrogens with two attached hydrogens (primary N) is 1. The molecule has 1 aromatic heterocycles. The molecule has 0 radical (unpaired) electrons. The van der Waals surface area contributed by atoms with Crippen LogP contribution in [0.15, 0.2) is 36.8 Å². The molecule has 2 atom stereocenters. The Kier molecular flexibility index (Phi) is 6.28. The molecular formula is C15H19BN4O5. The fourth-order valence-electron chi connectivity index (χ4n) is 2.27. The number of nitrogens with zero attached hydrogens (tertiary/aromatic N) is 1. The first kappa shape index (κ1) is 18.7. The molecular weight excluding hydrogens is 327 g/mol. The van der Waals surface area contributed by atoms with Crippen LogP contribution in [0.3, 0.4) is 0 Å². The highest BCUT2D eigenvalue weighted by atomic mass is 16.4. The number of carboxylic acid groups (broad SMARTS) is 1. The van der Waals surface area contributed by atoms with Crippen LogP contribution in [-0.2, 0) is 22.4 Å². The maximum atomic E-state index is 12.2.